The Morgan fingerprint density at radius 1 is 1.08 bits per heavy atom. The fourth-order valence-electron chi connectivity index (χ4n) is 2.29. The topological polar surface area (TPSA) is 67.4 Å². The monoisotopic (exact) mass is 358 g/mol. The Morgan fingerprint density at radius 3 is 2.38 bits per heavy atom. The minimum absolute atomic E-state index is 0.314. The van der Waals surface area contributed by atoms with E-state index >= 15 is 0 Å². The molecular weight excluding hydrogens is 335 g/mol. The largest absolute Gasteiger partial charge is 0.497 e. The SMILES string of the molecule is COc1ccc(CCNC(=O)C(C)(C)C(=O)Nc2cccc(F)c2)cc1. The molecule has 6 heteroatoms. The van der Waals surface area contributed by atoms with E-state index < -0.39 is 17.1 Å². The van der Waals surface area contributed by atoms with Crippen LogP contribution in [-0.2, 0) is 16.0 Å². The van der Waals surface area contributed by atoms with Crippen LogP contribution in [0.25, 0.3) is 0 Å². The van der Waals surface area contributed by atoms with Gasteiger partial charge in [-0.2, -0.15) is 0 Å². The van der Waals surface area contributed by atoms with Crippen LogP contribution in [0.15, 0.2) is 48.5 Å². The molecule has 2 N–H and O–H groups in total. The highest BCUT2D eigenvalue weighted by Crippen LogP contribution is 2.19. The van der Waals surface area contributed by atoms with Crippen LogP contribution < -0.4 is 15.4 Å². The normalized spacial score (nSPS) is 10.9. The summed E-state index contributed by atoms with van der Waals surface area (Å²) in [6.07, 6.45) is 0.636. The van der Waals surface area contributed by atoms with Crippen LogP contribution >= 0.6 is 0 Å². The molecule has 0 fully saturated rings. The van der Waals surface area contributed by atoms with E-state index in [0.29, 0.717) is 18.7 Å². The van der Waals surface area contributed by atoms with Crippen LogP contribution in [-0.4, -0.2) is 25.5 Å². The fourth-order valence-corrected chi connectivity index (χ4v) is 2.29. The van der Waals surface area contributed by atoms with E-state index in [4.69, 9.17) is 4.74 Å². The van der Waals surface area contributed by atoms with Crippen molar-refractivity contribution in [2.75, 3.05) is 19.0 Å². The van der Waals surface area contributed by atoms with Gasteiger partial charge in [0.25, 0.3) is 0 Å². The molecule has 2 amide bonds. The summed E-state index contributed by atoms with van der Waals surface area (Å²) in [7, 11) is 1.60. The number of benzene rings is 2. The minimum Gasteiger partial charge on any atom is -0.497 e. The van der Waals surface area contributed by atoms with E-state index in [-0.39, 0.29) is 5.91 Å². The number of anilines is 1. The minimum atomic E-state index is -1.29. The van der Waals surface area contributed by atoms with Gasteiger partial charge in [0.2, 0.25) is 11.8 Å². The predicted molar refractivity (Wildman–Crippen MR) is 98.5 cm³/mol. The quantitative estimate of drug-likeness (QED) is 0.747. The van der Waals surface area contributed by atoms with E-state index in [1.54, 1.807) is 13.2 Å². The van der Waals surface area contributed by atoms with Crippen molar-refractivity contribution >= 4 is 17.5 Å². The van der Waals surface area contributed by atoms with Gasteiger partial charge in [-0.15, -0.1) is 0 Å². The lowest BCUT2D eigenvalue weighted by Crippen LogP contribution is -2.45. The summed E-state index contributed by atoms with van der Waals surface area (Å²) in [6, 6.07) is 13.1. The van der Waals surface area contributed by atoms with Gasteiger partial charge in [0.15, 0.2) is 0 Å². The van der Waals surface area contributed by atoms with Gasteiger partial charge in [0.05, 0.1) is 7.11 Å². The van der Waals surface area contributed by atoms with Gasteiger partial charge in [-0.25, -0.2) is 4.39 Å². The van der Waals surface area contributed by atoms with Crippen LogP contribution in [0.4, 0.5) is 10.1 Å². The third-order valence-electron chi connectivity index (χ3n) is 4.08. The van der Waals surface area contributed by atoms with Gasteiger partial charge in [-0.05, 0) is 56.2 Å². The van der Waals surface area contributed by atoms with Crippen molar-refractivity contribution < 1.29 is 18.7 Å². The van der Waals surface area contributed by atoms with Crippen LogP contribution in [0, 0.1) is 11.2 Å². The van der Waals surface area contributed by atoms with Crippen molar-refractivity contribution in [1.29, 1.82) is 0 Å². The summed E-state index contributed by atoms with van der Waals surface area (Å²) in [5.41, 5.74) is 0.0777. The fraction of sp³-hybridized carbons (Fsp3) is 0.300. The van der Waals surface area contributed by atoms with Crippen molar-refractivity contribution in [3.8, 4) is 5.75 Å². The first kappa shape index (κ1) is 19.4. The maximum atomic E-state index is 13.2. The van der Waals surface area contributed by atoms with Gasteiger partial charge < -0.3 is 15.4 Å². The Balaban J connectivity index is 1.88. The molecule has 2 aromatic carbocycles. The molecule has 0 bridgehead atoms. The van der Waals surface area contributed by atoms with Crippen molar-refractivity contribution in [3.05, 3.63) is 59.9 Å². The average Bonchev–Trinajstić information content (AvgIpc) is 2.62. The zero-order valence-corrected chi connectivity index (χ0v) is 15.1. The Labute approximate surface area is 152 Å². The van der Waals surface area contributed by atoms with Crippen molar-refractivity contribution in [2.24, 2.45) is 5.41 Å². The molecule has 2 rings (SSSR count). The van der Waals surface area contributed by atoms with Crippen LogP contribution in [0.1, 0.15) is 19.4 Å². The van der Waals surface area contributed by atoms with E-state index in [9.17, 15) is 14.0 Å². The maximum Gasteiger partial charge on any atom is 0.239 e. The zero-order valence-electron chi connectivity index (χ0n) is 15.1. The third-order valence-corrected chi connectivity index (χ3v) is 4.08. The van der Waals surface area contributed by atoms with Gasteiger partial charge >= 0.3 is 0 Å². The number of hydrogen-bond donors (Lipinski definition) is 2. The molecular formula is C20H23FN2O3. The molecule has 0 aliphatic carbocycles. The third kappa shape index (κ3) is 5.05. The molecule has 2 aromatic rings. The highest BCUT2D eigenvalue weighted by atomic mass is 19.1. The standard InChI is InChI=1S/C20H23FN2O3/c1-20(2,19(25)23-16-6-4-5-15(21)13-16)18(24)22-12-11-14-7-9-17(26-3)10-8-14/h4-10,13H,11-12H2,1-3H3,(H,22,24)(H,23,25). The molecule has 0 spiro atoms. The molecule has 0 saturated carbocycles. The highest BCUT2D eigenvalue weighted by molar-refractivity contribution is 6.09. The second kappa shape index (κ2) is 8.47. The molecule has 0 radical (unpaired) electrons. The van der Waals surface area contributed by atoms with E-state index in [1.165, 1.54) is 32.0 Å². The van der Waals surface area contributed by atoms with Gasteiger partial charge in [0.1, 0.15) is 17.0 Å². The molecule has 5 nitrogen and oxygen atoms in total. The van der Waals surface area contributed by atoms with Crippen LogP contribution in [0.5, 0.6) is 5.75 Å². The number of ether oxygens (including phenoxy) is 1. The first-order chi connectivity index (χ1) is 12.3. The number of rotatable bonds is 7. The number of carbonyl (C=O) groups is 2. The van der Waals surface area contributed by atoms with Crippen LogP contribution in [0.3, 0.4) is 0 Å². The van der Waals surface area contributed by atoms with Crippen molar-refractivity contribution in [1.82, 2.24) is 5.32 Å². The molecule has 0 aromatic heterocycles. The second-order valence-corrected chi connectivity index (χ2v) is 6.44. The first-order valence-corrected chi connectivity index (χ1v) is 8.31. The average molecular weight is 358 g/mol. The molecule has 0 aliphatic rings. The molecule has 0 saturated heterocycles. The van der Waals surface area contributed by atoms with Gasteiger partial charge in [-0.3, -0.25) is 9.59 Å². The summed E-state index contributed by atoms with van der Waals surface area (Å²) in [5, 5.41) is 5.34. The molecule has 138 valence electrons. The lowest BCUT2D eigenvalue weighted by atomic mass is 9.91. The number of amides is 2. The zero-order chi connectivity index (χ0) is 19.2. The summed E-state index contributed by atoms with van der Waals surface area (Å²) < 4.78 is 18.3. The lowest BCUT2D eigenvalue weighted by Gasteiger charge is -2.22. The number of nitrogens with one attached hydrogen (secondary N) is 2. The molecule has 0 aliphatic heterocycles. The number of hydrogen-bond acceptors (Lipinski definition) is 3. The number of carbonyl (C=O) groups excluding carboxylic acids is 2. The molecule has 0 heterocycles. The summed E-state index contributed by atoms with van der Waals surface area (Å²) in [5.74, 6) is -0.567. The van der Waals surface area contributed by atoms with Gasteiger partial charge in [-0.1, -0.05) is 18.2 Å². The number of halogens is 1. The Morgan fingerprint density at radius 2 is 1.77 bits per heavy atom. The molecule has 0 unspecified atom stereocenters. The Bertz CT molecular complexity index is 773. The summed E-state index contributed by atoms with van der Waals surface area (Å²) >= 11 is 0. The van der Waals surface area contributed by atoms with Crippen molar-refractivity contribution in [3.63, 3.8) is 0 Å². The van der Waals surface area contributed by atoms with Gasteiger partial charge in [0, 0.05) is 12.2 Å². The summed E-state index contributed by atoms with van der Waals surface area (Å²) in [6.45, 7) is 3.47. The molecule has 0 atom stereocenters. The van der Waals surface area contributed by atoms with E-state index in [0.717, 1.165) is 11.3 Å². The lowest BCUT2D eigenvalue weighted by molar-refractivity contribution is -0.138. The smallest absolute Gasteiger partial charge is 0.239 e. The summed E-state index contributed by atoms with van der Waals surface area (Å²) in [4.78, 5) is 24.8. The Hall–Kier alpha value is -2.89. The van der Waals surface area contributed by atoms with E-state index in [1.807, 2.05) is 24.3 Å². The predicted octanol–water partition coefficient (Wildman–Crippen LogP) is 3.16. The second-order valence-electron chi connectivity index (χ2n) is 6.44. The highest BCUT2D eigenvalue weighted by Gasteiger charge is 2.35. The first-order valence-electron chi connectivity index (χ1n) is 8.31. The van der Waals surface area contributed by atoms with Crippen LogP contribution in [0.2, 0.25) is 0 Å². The Kier molecular flexibility index (Phi) is 6.33. The van der Waals surface area contributed by atoms with Crippen molar-refractivity contribution in [2.45, 2.75) is 20.3 Å². The maximum absolute atomic E-state index is 13.2. The number of methoxy groups -OCH3 is 1. The molecule has 26 heavy (non-hydrogen) atoms. The van der Waals surface area contributed by atoms with E-state index in [2.05, 4.69) is 10.6 Å².